The topological polar surface area (TPSA) is 112 Å². The number of aryl methyl sites for hydroxylation is 1. The standard InChI is InChI=1S/C23H29N7O3/c1-15-12-17(22(33)30-20(15)21(32)27-23(30)6-4-3-5-7-23)26-18-13-19(25-14-24-18)29-10-8-28(9-11-29)16(2)31/h12-14H,3-11H2,1-2H3,(H,27,32)(H,24,25,26). The van der Waals surface area contributed by atoms with Crippen molar-refractivity contribution < 1.29 is 9.59 Å². The Balaban J connectivity index is 1.43. The third kappa shape index (κ3) is 3.73. The number of hydrogen-bond donors (Lipinski definition) is 2. The number of aromatic nitrogens is 3. The van der Waals surface area contributed by atoms with E-state index in [1.165, 1.54) is 6.33 Å². The Morgan fingerprint density at radius 3 is 2.48 bits per heavy atom. The van der Waals surface area contributed by atoms with Crippen LogP contribution in [-0.4, -0.2) is 57.4 Å². The number of fused-ring (bicyclic) bond motifs is 2. The molecule has 4 heterocycles. The van der Waals surface area contributed by atoms with Crippen molar-refractivity contribution >= 4 is 29.1 Å². The number of amides is 2. The zero-order valence-electron chi connectivity index (χ0n) is 19.1. The fourth-order valence-electron chi connectivity index (χ4n) is 5.31. The summed E-state index contributed by atoms with van der Waals surface area (Å²) >= 11 is 0. The summed E-state index contributed by atoms with van der Waals surface area (Å²) in [4.78, 5) is 50.5. The van der Waals surface area contributed by atoms with Gasteiger partial charge in [0.25, 0.3) is 11.5 Å². The number of carbonyl (C=O) groups excluding carboxylic acids is 2. The monoisotopic (exact) mass is 451 g/mol. The van der Waals surface area contributed by atoms with Gasteiger partial charge in [0, 0.05) is 39.2 Å². The van der Waals surface area contributed by atoms with E-state index in [1.807, 2.05) is 17.9 Å². The van der Waals surface area contributed by atoms with Crippen LogP contribution < -0.4 is 21.1 Å². The highest BCUT2D eigenvalue weighted by atomic mass is 16.2. The Morgan fingerprint density at radius 2 is 1.79 bits per heavy atom. The summed E-state index contributed by atoms with van der Waals surface area (Å²) in [5.74, 6) is 1.17. The van der Waals surface area contributed by atoms with Crippen molar-refractivity contribution in [3.63, 3.8) is 0 Å². The SMILES string of the molecule is CC(=O)N1CCN(c2cc(Nc3cc(C)c4n(c3=O)C3(CCCCC3)NC4=O)ncn2)CC1. The second kappa shape index (κ2) is 8.17. The van der Waals surface area contributed by atoms with E-state index in [4.69, 9.17) is 0 Å². The highest BCUT2D eigenvalue weighted by Gasteiger charge is 2.45. The highest BCUT2D eigenvalue weighted by Crippen LogP contribution is 2.37. The summed E-state index contributed by atoms with van der Waals surface area (Å²) in [5.41, 5.74) is 0.762. The van der Waals surface area contributed by atoms with Crippen molar-refractivity contribution in [1.82, 2.24) is 24.8 Å². The third-order valence-corrected chi connectivity index (χ3v) is 7.03. The molecule has 0 aromatic carbocycles. The minimum Gasteiger partial charge on any atom is -0.353 e. The van der Waals surface area contributed by atoms with Crippen molar-refractivity contribution in [1.29, 1.82) is 0 Å². The van der Waals surface area contributed by atoms with Crippen LogP contribution >= 0.6 is 0 Å². The van der Waals surface area contributed by atoms with Crippen molar-refractivity contribution in [2.24, 2.45) is 0 Å². The minimum absolute atomic E-state index is 0.0795. The maximum atomic E-state index is 13.5. The minimum atomic E-state index is -0.628. The Morgan fingerprint density at radius 1 is 1.06 bits per heavy atom. The number of pyridine rings is 1. The van der Waals surface area contributed by atoms with Gasteiger partial charge in [-0.05, 0) is 44.2 Å². The van der Waals surface area contributed by atoms with Crippen LogP contribution in [0.25, 0.3) is 0 Å². The van der Waals surface area contributed by atoms with Gasteiger partial charge in [0.05, 0.1) is 0 Å². The van der Waals surface area contributed by atoms with E-state index in [-0.39, 0.29) is 17.4 Å². The molecule has 10 nitrogen and oxygen atoms in total. The maximum Gasteiger partial charge on any atom is 0.276 e. The van der Waals surface area contributed by atoms with Gasteiger partial charge in [-0.2, -0.15) is 0 Å². The molecular weight excluding hydrogens is 422 g/mol. The molecule has 3 aliphatic rings. The third-order valence-electron chi connectivity index (χ3n) is 7.03. The summed E-state index contributed by atoms with van der Waals surface area (Å²) in [6.45, 7) is 6.12. The molecule has 0 radical (unpaired) electrons. The molecule has 2 N–H and O–H groups in total. The van der Waals surface area contributed by atoms with Crippen LogP contribution in [0.1, 0.15) is 55.1 Å². The van der Waals surface area contributed by atoms with Crippen LogP contribution in [0.4, 0.5) is 17.3 Å². The van der Waals surface area contributed by atoms with Crippen molar-refractivity contribution in [3.8, 4) is 0 Å². The lowest BCUT2D eigenvalue weighted by Crippen LogP contribution is -2.48. The number of rotatable bonds is 3. The van der Waals surface area contributed by atoms with Crippen LogP contribution in [0.3, 0.4) is 0 Å². The van der Waals surface area contributed by atoms with E-state index < -0.39 is 5.66 Å². The van der Waals surface area contributed by atoms with Gasteiger partial charge in [-0.25, -0.2) is 9.97 Å². The van der Waals surface area contributed by atoms with Gasteiger partial charge in [0.1, 0.15) is 35.0 Å². The molecule has 1 saturated carbocycles. The molecule has 0 bridgehead atoms. The van der Waals surface area contributed by atoms with E-state index in [9.17, 15) is 14.4 Å². The van der Waals surface area contributed by atoms with Crippen molar-refractivity contribution in [3.05, 3.63) is 40.1 Å². The Kier molecular flexibility index (Phi) is 5.30. The zero-order chi connectivity index (χ0) is 23.2. The lowest BCUT2D eigenvalue weighted by molar-refractivity contribution is -0.129. The van der Waals surface area contributed by atoms with Gasteiger partial charge in [-0.1, -0.05) is 6.42 Å². The molecule has 2 aromatic rings. The smallest absolute Gasteiger partial charge is 0.276 e. The molecule has 2 aromatic heterocycles. The van der Waals surface area contributed by atoms with Crippen LogP contribution in [-0.2, 0) is 10.5 Å². The van der Waals surface area contributed by atoms with E-state index in [0.29, 0.717) is 43.4 Å². The Labute approximate surface area is 192 Å². The van der Waals surface area contributed by atoms with E-state index in [0.717, 1.165) is 43.5 Å². The first-order valence-electron chi connectivity index (χ1n) is 11.6. The second-order valence-electron chi connectivity index (χ2n) is 9.16. The first kappa shape index (κ1) is 21.4. The van der Waals surface area contributed by atoms with Crippen molar-refractivity contribution in [2.45, 2.75) is 51.6 Å². The number of anilines is 3. The average Bonchev–Trinajstić information content (AvgIpc) is 3.09. The molecule has 2 fully saturated rings. The number of hydrogen-bond acceptors (Lipinski definition) is 7. The molecule has 0 atom stereocenters. The molecule has 33 heavy (non-hydrogen) atoms. The fourth-order valence-corrected chi connectivity index (χ4v) is 5.31. The number of piperazine rings is 1. The quantitative estimate of drug-likeness (QED) is 0.731. The summed E-state index contributed by atoms with van der Waals surface area (Å²) in [5, 5.41) is 6.28. The van der Waals surface area contributed by atoms with Gasteiger partial charge in [-0.15, -0.1) is 0 Å². The molecule has 174 valence electrons. The summed E-state index contributed by atoms with van der Waals surface area (Å²) in [6, 6.07) is 3.54. The van der Waals surface area contributed by atoms with Crippen LogP contribution in [0, 0.1) is 6.92 Å². The average molecular weight is 452 g/mol. The molecule has 2 aliphatic heterocycles. The summed E-state index contributed by atoms with van der Waals surface area (Å²) in [7, 11) is 0. The van der Waals surface area contributed by atoms with Crippen molar-refractivity contribution in [2.75, 3.05) is 36.4 Å². The lowest BCUT2D eigenvalue weighted by Gasteiger charge is -2.35. The molecule has 2 amide bonds. The van der Waals surface area contributed by atoms with E-state index in [1.54, 1.807) is 17.6 Å². The molecule has 1 spiro atoms. The zero-order valence-corrected chi connectivity index (χ0v) is 19.1. The lowest BCUT2D eigenvalue weighted by atomic mass is 9.89. The predicted molar refractivity (Wildman–Crippen MR) is 124 cm³/mol. The number of nitrogens with zero attached hydrogens (tertiary/aromatic N) is 5. The van der Waals surface area contributed by atoms with E-state index >= 15 is 0 Å². The maximum absolute atomic E-state index is 13.5. The Hall–Kier alpha value is -3.43. The van der Waals surface area contributed by atoms with Gasteiger partial charge in [-0.3, -0.25) is 19.0 Å². The Bertz CT molecular complexity index is 1160. The number of carbonyl (C=O) groups is 2. The highest BCUT2D eigenvalue weighted by molar-refractivity contribution is 5.97. The number of nitrogens with one attached hydrogen (secondary N) is 2. The van der Waals surface area contributed by atoms with Crippen LogP contribution in [0.5, 0.6) is 0 Å². The first-order chi connectivity index (χ1) is 15.9. The van der Waals surface area contributed by atoms with Crippen LogP contribution in [0.15, 0.2) is 23.3 Å². The summed E-state index contributed by atoms with van der Waals surface area (Å²) < 4.78 is 1.68. The molecule has 0 unspecified atom stereocenters. The molecule has 10 heteroatoms. The molecular formula is C23H29N7O3. The predicted octanol–water partition coefficient (Wildman–Crippen LogP) is 1.72. The van der Waals surface area contributed by atoms with Gasteiger partial charge < -0.3 is 20.4 Å². The van der Waals surface area contributed by atoms with Crippen LogP contribution in [0.2, 0.25) is 0 Å². The normalized spacial score (nSPS) is 19.4. The van der Waals surface area contributed by atoms with E-state index in [2.05, 4.69) is 25.5 Å². The summed E-state index contributed by atoms with van der Waals surface area (Å²) in [6.07, 6.45) is 6.07. The van der Waals surface area contributed by atoms with Gasteiger partial charge in [0.15, 0.2) is 0 Å². The molecule has 1 saturated heterocycles. The molecule has 1 aliphatic carbocycles. The molecule has 5 rings (SSSR count). The fraction of sp³-hybridized carbons (Fsp3) is 0.522. The van der Waals surface area contributed by atoms with Gasteiger partial charge in [0.2, 0.25) is 5.91 Å². The first-order valence-corrected chi connectivity index (χ1v) is 11.6. The van der Waals surface area contributed by atoms with Gasteiger partial charge >= 0.3 is 0 Å². The second-order valence-corrected chi connectivity index (χ2v) is 9.16. The largest absolute Gasteiger partial charge is 0.353 e.